The van der Waals surface area contributed by atoms with Crippen molar-refractivity contribution in [2.45, 2.75) is 46.2 Å². The van der Waals surface area contributed by atoms with Gasteiger partial charge >= 0.3 is 0 Å². The van der Waals surface area contributed by atoms with Gasteiger partial charge in [0.1, 0.15) is 0 Å². The second-order valence-corrected chi connectivity index (χ2v) is 8.31. The summed E-state index contributed by atoms with van der Waals surface area (Å²) in [7, 11) is 0. The zero-order chi connectivity index (χ0) is 18.8. The first-order chi connectivity index (χ1) is 13.2. The zero-order valence-electron chi connectivity index (χ0n) is 17.9. The Hall–Kier alpha value is -1.26. The normalized spacial score (nSPS) is 16.0. The number of fused-ring (bicyclic) bond motifs is 3. The molecule has 0 saturated carbocycles. The number of nitrogens with one attached hydrogen (secondary N) is 1. The van der Waals surface area contributed by atoms with Gasteiger partial charge in [0.25, 0.3) is 0 Å². The fourth-order valence-electron chi connectivity index (χ4n) is 4.66. The predicted molar refractivity (Wildman–Crippen MR) is 131 cm³/mol. The van der Waals surface area contributed by atoms with Crippen LogP contribution in [0, 0.1) is 5.92 Å². The van der Waals surface area contributed by atoms with E-state index < -0.39 is 0 Å². The summed E-state index contributed by atoms with van der Waals surface area (Å²) in [6.45, 7) is 12.4. The fraction of sp³-hybridized carbons (Fsp3) is 0.500. The molecule has 1 N–H and O–H groups in total. The van der Waals surface area contributed by atoms with Gasteiger partial charge in [-0.2, -0.15) is 0 Å². The Morgan fingerprint density at radius 3 is 2.28 bits per heavy atom. The van der Waals surface area contributed by atoms with Crippen molar-refractivity contribution in [2.75, 3.05) is 26.2 Å². The highest BCUT2D eigenvalue weighted by Crippen LogP contribution is 2.34. The lowest BCUT2D eigenvalue weighted by Gasteiger charge is -2.35. The molecule has 160 valence electrons. The first-order valence-electron chi connectivity index (χ1n) is 10.6. The maximum atomic E-state index is 3.51. The van der Waals surface area contributed by atoms with Gasteiger partial charge in [-0.15, -0.1) is 24.8 Å². The summed E-state index contributed by atoms with van der Waals surface area (Å²) in [5.41, 5.74) is 4.21. The lowest BCUT2D eigenvalue weighted by atomic mass is 9.94. The Labute approximate surface area is 187 Å². The Morgan fingerprint density at radius 2 is 1.59 bits per heavy atom. The molecule has 1 aromatic heterocycles. The van der Waals surface area contributed by atoms with Crippen LogP contribution in [0.2, 0.25) is 0 Å². The van der Waals surface area contributed by atoms with Crippen LogP contribution < -0.4 is 5.32 Å². The highest BCUT2D eigenvalue weighted by atomic mass is 35.5. The molecule has 1 aliphatic heterocycles. The van der Waals surface area contributed by atoms with E-state index in [2.05, 4.69) is 78.0 Å². The van der Waals surface area contributed by atoms with Crippen LogP contribution >= 0.6 is 24.8 Å². The molecule has 0 radical (unpaired) electrons. The van der Waals surface area contributed by atoms with Crippen LogP contribution in [-0.4, -0.2) is 35.6 Å². The summed E-state index contributed by atoms with van der Waals surface area (Å²) in [4.78, 5) is 2.69. The molecule has 1 fully saturated rings. The summed E-state index contributed by atoms with van der Waals surface area (Å²) in [6.07, 6.45) is 2.53. The standard InChI is InChI=1S/C24H33N3.2ClH/c1-4-27-23-8-6-5-7-20(23)21-17-19(10-12-24(21)27)22(11-9-18(2)3)26-15-13-25-14-16-26;;/h5-8,10,12,17-18,22,25H,4,9,11,13-16H2,1-3H3;2*1H/t22-;;/m0../s1. The second kappa shape index (κ2) is 10.7. The highest BCUT2D eigenvalue weighted by molar-refractivity contribution is 6.08. The number of aryl methyl sites for hydroxylation is 1. The molecule has 0 unspecified atom stereocenters. The molecule has 5 heteroatoms. The minimum Gasteiger partial charge on any atom is -0.341 e. The minimum absolute atomic E-state index is 0. The average Bonchev–Trinajstić information content (AvgIpc) is 3.02. The quantitative estimate of drug-likeness (QED) is 0.508. The van der Waals surface area contributed by atoms with Crippen LogP contribution in [0.3, 0.4) is 0 Å². The number of rotatable bonds is 6. The molecule has 3 nitrogen and oxygen atoms in total. The summed E-state index contributed by atoms with van der Waals surface area (Å²) < 4.78 is 2.45. The summed E-state index contributed by atoms with van der Waals surface area (Å²) in [6, 6.07) is 16.6. The number of aromatic nitrogens is 1. The Bertz CT molecular complexity index is 913. The van der Waals surface area contributed by atoms with Crippen LogP contribution in [0.5, 0.6) is 0 Å². The van der Waals surface area contributed by atoms with Crippen LogP contribution in [0.4, 0.5) is 0 Å². The van der Waals surface area contributed by atoms with Crippen LogP contribution in [-0.2, 0) is 6.54 Å². The van der Waals surface area contributed by atoms with E-state index in [1.807, 2.05) is 0 Å². The van der Waals surface area contributed by atoms with Gasteiger partial charge in [-0.05, 0) is 49.4 Å². The number of hydrogen-bond acceptors (Lipinski definition) is 2. The van der Waals surface area contributed by atoms with Crippen molar-refractivity contribution in [1.29, 1.82) is 0 Å². The first-order valence-corrected chi connectivity index (χ1v) is 10.6. The average molecular weight is 436 g/mol. The van der Waals surface area contributed by atoms with Crippen molar-refractivity contribution >= 4 is 46.6 Å². The van der Waals surface area contributed by atoms with Gasteiger partial charge in [-0.1, -0.05) is 38.1 Å². The van der Waals surface area contributed by atoms with Crippen molar-refractivity contribution in [3.05, 3.63) is 48.0 Å². The van der Waals surface area contributed by atoms with Gasteiger partial charge in [-0.3, -0.25) is 4.90 Å². The van der Waals surface area contributed by atoms with Crippen LogP contribution in [0.1, 0.15) is 45.2 Å². The molecule has 3 aromatic rings. The van der Waals surface area contributed by atoms with Gasteiger partial charge in [0.15, 0.2) is 0 Å². The van der Waals surface area contributed by atoms with E-state index in [1.165, 1.54) is 40.2 Å². The summed E-state index contributed by atoms with van der Waals surface area (Å²) in [5, 5.41) is 6.31. The number of nitrogens with zero attached hydrogens (tertiary/aromatic N) is 2. The van der Waals surface area contributed by atoms with Crippen molar-refractivity contribution in [2.24, 2.45) is 5.92 Å². The molecular formula is C24H35Cl2N3. The minimum atomic E-state index is 0. The number of piperazine rings is 1. The molecule has 0 aliphatic carbocycles. The first kappa shape index (κ1) is 24.0. The van der Waals surface area contributed by atoms with Gasteiger partial charge in [-0.25, -0.2) is 0 Å². The topological polar surface area (TPSA) is 20.2 Å². The van der Waals surface area contributed by atoms with E-state index in [4.69, 9.17) is 0 Å². The third kappa shape index (κ3) is 4.91. The van der Waals surface area contributed by atoms with E-state index in [0.29, 0.717) is 6.04 Å². The maximum Gasteiger partial charge on any atom is 0.0491 e. The Balaban J connectivity index is 0.00000150. The molecule has 29 heavy (non-hydrogen) atoms. The molecule has 0 amide bonds. The van der Waals surface area contributed by atoms with E-state index in [0.717, 1.165) is 38.6 Å². The molecule has 1 saturated heterocycles. The van der Waals surface area contributed by atoms with Gasteiger partial charge < -0.3 is 9.88 Å². The molecule has 1 aliphatic rings. The molecule has 4 rings (SSSR count). The lowest BCUT2D eigenvalue weighted by molar-refractivity contribution is 0.160. The monoisotopic (exact) mass is 435 g/mol. The molecule has 0 bridgehead atoms. The number of halogens is 2. The Kier molecular flexibility index (Phi) is 8.84. The highest BCUT2D eigenvalue weighted by Gasteiger charge is 2.23. The zero-order valence-corrected chi connectivity index (χ0v) is 19.5. The second-order valence-electron chi connectivity index (χ2n) is 8.31. The van der Waals surface area contributed by atoms with Gasteiger partial charge in [0, 0.05) is 60.6 Å². The van der Waals surface area contributed by atoms with Gasteiger partial charge in [0.05, 0.1) is 0 Å². The van der Waals surface area contributed by atoms with Crippen molar-refractivity contribution in [1.82, 2.24) is 14.8 Å². The fourth-order valence-corrected chi connectivity index (χ4v) is 4.66. The van der Waals surface area contributed by atoms with Crippen molar-refractivity contribution in [3.63, 3.8) is 0 Å². The third-order valence-electron chi connectivity index (χ3n) is 6.11. The predicted octanol–water partition coefficient (Wildman–Crippen LogP) is 6.04. The number of para-hydroxylation sites is 1. The number of hydrogen-bond donors (Lipinski definition) is 1. The van der Waals surface area contributed by atoms with Crippen LogP contribution in [0.15, 0.2) is 42.5 Å². The number of benzene rings is 2. The Morgan fingerprint density at radius 1 is 0.897 bits per heavy atom. The van der Waals surface area contributed by atoms with E-state index in [1.54, 1.807) is 0 Å². The smallest absolute Gasteiger partial charge is 0.0491 e. The van der Waals surface area contributed by atoms with Crippen molar-refractivity contribution in [3.8, 4) is 0 Å². The summed E-state index contributed by atoms with van der Waals surface area (Å²) in [5.74, 6) is 0.751. The van der Waals surface area contributed by atoms with E-state index in [9.17, 15) is 0 Å². The van der Waals surface area contributed by atoms with E-state index >= 15 is 0 Å². The molecule has 0 spiro atoms. The third-order valence-corrected chi connectivity index (χ3v) is 6.11. The van der Waals surface area contributed by atoms with Gasteiger partial charge in [0.2, 0.25) is 0 Å². The SMILES string of the molecule is CCn1c2ccccc2c2cc([C@H](CCC(C)C)N3CCNCC3)ccc21.Cl.Cl. The molecular weight excluding hydrogens is 401 g/mol. The molecule has 1 atom stereocenters. The summed E-state index contributed by atoms with van der Waals surface area (Å²) >= 11 is 0. The molecule has 2 heterocycles. The van der Waals surface area contributed by atoms with Crippen LogP contribution in [0.25, 0.3) is 21.8 Å². The largest absolute Gasteiger partial charge is 0.341 e. The van der Waals surface area contributed by atoms with Crippen molar-refractivity contribution < 1.29 is 0 Å². The molecule has 2 aromatic carbocycles. The maximum absolute atomic E-state index is 3.51. The lowest BCUT2D eigenvalue weighted by Crippen LogP contribution is -2.45. The van der Waals surface area contributed by atoms with E-state index in [-0.39, 0.29) is 24.8 Å².